The minimum absolute atomic E-state index is 0.390. The summed E-state index contributed by atoms with van der Waals surface area (Å²) < 4.78 is 0. The number of nitrogens with two attached hydrogens (primary N) is 1. The molecule has 0 fully saturated rings. The van der Waals surface area contributed by atoms with Crippen molar-refractivity contribution in [3.05, 3.63) is 60.2 Å². The molecule has 0 saturated heterocycles. The third-order valence-electron chi connectivity index (χ3n) is 4.30. The molecule has 0 spiro atoms. The second-order valence-corrected chi connectivity index (χ2v) is 6.70. The van der Waals surface area contributed by atoms with Crippen molar-refractivity contribution in [3.8, 4) is 0 Å². The zero-order valence-electron chi connectivity index (χ0n) is 13.0. The molecule has 3 N–H and O–H groups in total. The predicted octanol–water partition coefficient (Wildman–Crippen LogP) is 3.98. The van der Waals surface area contributed by atoms with Crippen molar-refractivity contribution >= 4 is 39.3 Å². The Kier molecular flexibility index (Phi) is 4.28. The fraction of sp³-hybridized carbons (Fsp3) is 0.211. The average Bonchev–Trinajstić information content (AvgIpc) is 2.57. The minimum atomic E-state index is -1.40. The van der Waals surface area contributed by atoms with Gasteiger partial charge in [-0.1, -0.05) is 48.5 Å². The number of benzene rings is 3. The number of carboxylic acids is 1. The molecule has 0 aliphatic carbocycles. The summed E-state index contributed by atoms with van der Waals surface area (Å²) in [5.74, 6) is -0.284. The van der Waals surface area contributed by atoms with Crippen LogP contribution in [0.1, 0.15) is 12.0 Å². The Morgan fingerprint density at radius 3 is 2.09 bits per heavy atom. The van der Waals surface area contributed by atoms with Crippen LogP contribution in [0.4, 0.5) is 0 Å². The first kappa shape index (κ1) is 15.8. The molecule has 3 aromatic rings. The van der Waals surface area contributed by atoms with E-state index in [0.717, 1.165) is 21.5 Å². The maximum absolute atomic E-state index is 12.1. The molecule has 3 nitrogen and oxygen atoms in total. The van der Waals surface area contributed by atoms with Crippen LogP contribution in [0.25, 0.3) is 21.5 Å². The van der Waals surface area contributed by atoms with Crippen LogP contribution in [-0.2, 0) is 10.3 Å². The van der Waals surface area contributed by atoms with Gasteiger partial charge in [0, 0.05) is 0 Å². The van der Waals surface area contributed by atoms with Gasteiger partial charge in [-0.25, -0.2) is 4.79 Å². The fourth-order valence-electron chi connectivity index (χ4n) is 3.10. The van der Waals surface area contributed by atoms with Crippen molar-refractivity contribution in [2.75, 3.05) is 12.0 Å². The summed E-state index contributed by atoms with van der Waals surface area (Å²) in [6, 6.07) is 17.8. The van der Waals surface area contributed by atoms with E-state index in [2.05, 4.69) is 6.07 Å². The van der Waals surface area contributed by atoms with Crippen molar-refractivity contribution in [3.63, 3.8) is 0 Å². The van der Waals surface area contributed by atoms with Gasteiger partial charge in [-0.3, -0.25) is 0 Å². The number of carboxylic acid groups (broad SMARTS) is 1. The first-order valence-corrected chi connectivity index (χ1v) is 8.89. The number of hydrogen-bond donors (Lipinski definition) is 2. The van der Waals surface area contributed by atoms with Crippen molar-refractivity contribution in [1.29, 1.82) is 0 Å². The highest BCUT2D eigenvalue weighted by molar-refractivity contribution is 7.98. The molecule has 1 unspecified atom stereocenters. The molecule has 23 heavy (non-hydrogen) atoms. The van der Waals surface area contributed by atoms with Gasteiger partial charge in [-0.05, 0) is 51.6 Å². The van der Waals surface area contributed by atoms with Gasteiger partial charge in [-0.2, -0.15) is 11.8 Å². The van der Waals surface area contributed by atoms with Gasteiger partial charge < -0.3 is 10.8 Å². The van der Waals surface area contributed by atoms with E-state index in [1.165, 1.54) is 0 Å². The second kappa shape index (κ2) is 6.22. The molecule has 4 heteroatoms. The SMILES string of the molecule is CSCCC(N)(C(=O)O)c1c2ccccc2cc2ccccc12. The van der Waals surface area contributed by atoms with Crippen LogP contribution in [0.15, 0.2) is 54.6 Å². The smallest absolute Gasteiger partial charge is 0.328 e. The molecule has 0 aliphatic heterocycles. The molecule has 0 heterocycles. The van der Waals surface area contributed by atoms with Gasteiger partial charge in [-0.15, -0.1) is 0 Å². The largest absolute Gasteiger partial charge is 0.480 e. The molecule has 3 rings (SSSR count). The summed E-state index contributed by atoms with van der Waals surface area (Å²) in [6.45, 7) is 0. The molecule has 0 radical (unpaired) electrons. The van der Waals surface area contributed by atoms with Gasteiger partial charge >= 0.3 is 5.97 Å². The Balaban J connectivity index is 2.41. The first-order chi connectivity index (χ1) is 11.1. The van der Waals surface area contributed by atoms with Crippen LogP contribution in [0, 0.1) is 0 Å². The van der Waals surface area contributed by atoms with E-state index in [4.69, 9.17) is 5.73 Å². The first-order valence-electron chi connectivity index (χ1n) is 7.50. The van der Waals surface area contributed by atoms with Gasteiger partial charge in [0.25, 0.3) is 0 Å². The summed E-state index contributed by atoms with van der Waals surface area (Å²) in [7, 11) is 0. The number of fused-ring (bicyclic) bond motifs is 2. The van der Waals surface area contributed by atoms with E-state index in [1.807, 2.05) is 54.8 Å². The van der Waals surface area contributed by atoms with E-state index in [0.29, 0.717) is 17.7 Å². The molecule has 0 bridgehead atoms. The van der Waals surface area contributed by atoms with Gasteiger partial charge in [0.2, 0.25) is 0 Å². The second-order valence-electron chi connectivity index (χ2n) is 5.71. The van der Waals surface area contributed by atoms with E-state index in [1.54, 1.807) is 11.8 Å². The van der Waals surface area contributed by atoms with Crippen molar-refractivity contribution in [2.24, 2.45) is 5.73 Å². The summed E-state index contributed by atoms with van der Waals surface area (Å²) in [5.41, 5.74) is 5.78. The van der Waals surface area contributed by atoms with Crippen LogP contribution in [-0.4, -0.2) is 23.1 Å². The Morgan fingerprint density at radius 2 is 1.61 bits per heavy atom. The van der Waals surface area contributed by atoms with Crippen LogP contribution >= 0.6 is 11.8 Å². The molecule has 3 aromatic carbocycles. The quantitative estimate of drug-likeness (QED) is 0.696. The standard InChI is InChI=1S/C19H19NO2S/c1-23-11-10-19(20,18(21)22)17-15-8-4-2-6-13(15)12-14-7-3-5-9-16(14)17/h2-9,12H,10-11,20H2,1H3,(H,21,22). The zero-order chi connectivity index (χ0) is 16.4. The van der Waals surface area contributed by atoms with Gasteiger partial charge in [0.15, 0.2) is 0 Å². The molecule has 0 saturated carbocycles. The zero-order valence-corrected chi connectivity index (χ0v) is 13.8. The summed E-state index contributed by atoms with van der Waals surface area (Å²) in [6.07, 6.45) is 2.35. The van der Waals surface area contributed by atoms with Crippen molar-refractivity contribution < 1.29 is 9.90 Å². The Bertz CT molecular complexity index is 824. The minimum Gasteiger partial charge on any atom is -0.480 e. The highest BCUT2D eigenvalue weighted by atomic mass is 32.2. The lowest BCUT2D eigenvalue weighted by atomic mass is 9.81. The lowest BCUT2D eigenvalue weighted by molar-refractivity contribution is -0.143. The van der Waals surface area contributed by atoms with E-state index in [-0.39, 0.29) is 0 Å². The number of thioether (sulfide) groups is 1. The van der Waals surface area contributed by atoms with Crippen LogP contribution < -0.4 is 5.73 Å². The molecular formula is C19H19NO2S. The third-order valence-corrected chi connectivity index (χ3v) is 4.91. The molecular weight excluding hydrogens is 306 g/mol. The summed E-state index contributed by atoms with van der Waals surface area (Å²) in [4.78, 5) is 12.1. The third kappa shape index (κ3) is 2.69. The maximum Gasteiger partial charge on any atom is 0.328 e. The molecule has 1 atom stereocenters. The molecule has 118 valence electrons. The fourth-order valence-corrected chi connectivity index (χ4v) is 3.62. The Hall–Kier alpha value is -2.04. The summed E-state index contributed by atoms with van der Waals surface area (Å²) >= 11 is 1.61. The molecule has 0 amide bonds. The monoisotopic (exact) mass is 325 g/mol. The van der Waals surface area contributed by atoms with E-state index >= 15 is 0 Å². The average molecular weight is 325 g/mol. The predicted molar refractivity (Wildman–Crippen MR) is 98.0 cm³/mol. The lowest BCUT2D eigenvalue weighted by Crippen LogP contribution is -2.45. The van der Waals surface area contributed by atoms with E-state index in [9.17, 15) is 9.90 Å². The number of carbonyl (C=O) groups is 1. The van der Waals surface area contributed by atoms with Crippen LogP contribution in [0.5, 0.6) is 0 Å². The molecule has 0 aromatic heterocycles. The Morgan fingerprint density at radius 1 is 1.09 bits per heavy atom. The van der Waals surface area contributed by atoms with Gasteiger partial charge in [0.05, 0.1) is 0 Å². The number of rotatable bonds is 5. The topological polar surface area (TPSA) is 63.3 Å². The summed E-state index contributed by atoms with van der Waals surface area (Å²) in [5, 5.41) is 13.8. The van der Waals surface area contributed by atoms with Gasteiger partial charge in [0.1, 0.15) is 5.54 Å². The number of hydrogen-bond acceptors (Lipinski definition) is 3. The highest BCUT2D eigenvalue weighted by Gasteiger charge is 2.38. The normalized spacial score (nSPS) is 14.0. The van der Waals surface area contributed by atoms with Crippen molar-refractivity contribution in [1.82, 2.24) is 0 Å². The number of aliphatic carboxylic acids is 1. The molecule has 0 aliphatic rings. The highest BCUT2D eigenvalue weighted by Crippen LogP contribution is 2.37. The van der Waals surface area contributed by atoms with E-state index < -0.39 is 11.5 Å². The van der Waals surface area contributed by atoms with Crippen LogP contribution in [0.3, 0.4) is 0 Å². The van der Waals surface area contributed by atoms with Crippen LogP contribution in [0.2, 0.25) is 0 Å². The Labute approximate surface area is 139 Å². The lowest BCUT2D eigenvalue weighted by Gasteiger charge is -2.28. The maximum atomic E-state index is 12.1. The van der Waals surface area contributed by atoms with Crippen molar-refractivity contribution in [2.45, 2.75) is 12.0 Å².